The Morgan fingerprint density at radius 3 is 2.65 bits per heavy atom. The summed E-state index contributed by atoms with van der Waals surface area (Å²) < 4.78 is 39.0. The monoisotopic (exact) mass is 416 g/mol. The molecule has 0 aliphatic carbocycles. The van der Waals surface area contributed by atoms with E-state index in [1.54, 1.807) is 6.08 Å². The fourth-order valence-corrected chi connectivity index (χ4v) is 4.75. The Kier molecular flexibility index (Phi) is 6.73. The number of rotatable bonds is 8. The molecule has 0 saturated heterocycles. The minimum Gasteiger partial charge on any atom is -0.299 e. The molecule has 0 saturated carbocycles. The lowest BCUT2D eigenvalue weighted by atomic mass is 10.2. The van der Waals surface area contributed by atoms with Gasteiger partial charge in [0.2, 0.25) is 21.1 Å². The first-order chi connectivity index (χ1) is 12.2. The van der Waals surface area contributed by atoms with Crippen LogP contribution in [0.2, 0.25) is 0 Å². The largest absolute Gasteiger partial charge is 0.299 e. The molecule has 0 spiro atoms. The number of carbonyl (C=O) groups is 1. The standard InChI is InChI=1S/C15H17FN4O3S3/c1-4-9-24-15-19-18-14(25-15)17-13(21)10(2)20(26(3,22)23)12-7-5-11(16)6-8-12/h4-8,10H,1,9H2,2-3H3,(H,17,18,21)/t10-/m1/s1. The summed E-state index contributed by atoms with van der Waals surface area (Å²) in [6, 6.07) is 3.80. The van der Waals surface area contributed by atoms with Crippen LogP contribution in [0.4, 0.5) is 15.2 Å². The Hall–Kier alpha value is -1.98. The highest BCUT2D eigenvalue weighted by Crippen LogP contribution is 2.26. The maximum absolute atomic E-state index is 13.1. The summed E-state index contributed by atoms with van der Waals surface area (Å²) in [6.07, 6.45) is 2.70. The molecule has 26 heavy (non-hydrogen) atoms. The molecule has 0 unspecified atom stereocenters. The Balaban J connectivity index is 2.18. The van der Waals surface area contributed by atoms with E-state index < -0.39 is 27.8 Å². The molecule has 2 aromatic rings. The molecule has 1 N–H and O–H groups in total. The fraction of sp³-hybridized carbons (Fsp3) is 0.267. The van der Waals surface area contributed by atoms with Gasteiger partial charge < -0.3 is 0 Å². The van der Waals surface area contributed by atoms with Crippen LogP contribution in [0.25, 0.3) is 0 Å². The lowest BCUT2D eigenvalue weighted by molar-refractivity contribution is -0.116. The maximum Gasteiger partial charge on any atom is 0.249 e. The third-order valence-corrected chi connectivity index (χ3v) is 6.34. The van der Waals surface area contributed by atoms with E-state index in [0.29, 0.717) is 10.1 Å². The molecule has 0 aliphatic rings. The highest BCUT2D eigenvalue weighted by molar-refractivity contribution is 8.01. The zero-order chi connectivity index (χ0) is 19.3. The van der Waals surface area contributed by atoms with Crippen molar-refractivity contribution in [3.63, 3.8) is 0 Å². The lowest BCUT2D eigenvalue weighted by Crippen LogP contribution is -2.45. The van der Waals surface area contributed by atoms with Crippen LogP contribution in [0.15, 0.2) is 41.3 Å². The Morgan fingerprint density at radius 1 is 1.42 bits per heavy atom. The van der Waals surface area contributed by atoms with E-state index in [9.17, 15) is 17.6 Å². The van der Waals surface area contributed by atoms with E-state index in [4.69, 9.17) is 0 Å². The molecule has 2 rings (SSSR count). The number of thioether (sulfide) groups is 1. The number of sulfonamides is 1. The minimum absolute atomic E-state index is 0.191. The molecule has 7 nitrogen and oxygen atoms in total. The Morgan fingerprint density at radius 2 is 2.08 bits per heavy atom. The van der Waals surface area contributed by atoms with Crippen LogP contribution >= 0.6 is 23.1 Å². The minimum atomic E-state index is -3.77. The van der Waals surface area contributed by atoms with Gasteiger partial charge in [-0.15, -0.1) is 16.8 Å². The van der Waals surface area contributed by atoms with E-state index in [2.05, 4.69) is 22.1 Å². The third-order valence-electron chi connectivity index (χ3n) is 3.13. The summed E-state index contributed by atoms with van der Waals surface area (Å²) in [5.74, 6) is -0.417. The van der Waals surface area contributed by atoms with Crippen molar-refractivity contribution in [3.8, 4) is 0 Å². The van der Waals surface area contributed by atoms with Crippen LogP contribution in [-0.4, -0.2) is 42.6 Å². The summed E-state index contributed by atoms with van der Waals surface area (Å²) >= 11 is 2.60. The zero-order valence-electron chi connectivity index (χ0n) is 14.0. The van der Waals surface area contributed by atoms with Crippen LogP contribution in [0.3, 0.4) is 0 Å². The second kappa shape index (κ2) is 8.60. The van der Waals surface area contributed by atoms with E-state index in [1.807, 2.05) is 0 Å². The van der Waals surface area contributed by atoms with Gasteiger partial charge in [-0.1, -0.05) is 29.2 Å². The van der Waals surface area contributed by atoms with Gasteiger partial charge in [0.15, 0.2) is 4.34 Å². The number of aromatic nitrogens is 2. The molecule has 1 heterocycles. The summed E-state index contributed by atoms with van der Waals surface area (Å²) in [4.78, 5) is 12.5. The summed E-state index contributed by atoms with van der Waals surface area (Å²) in [5, 5.41) is 10.6. The van der Waals surface area contributed by atoms with Crippen molar-refractivity contribution >= 4 is 49.8 Å². The van der Waals surface area contributed by atoms with Crippen LogP contribution < -0.4 is 9.62 Å². The second-order valence-corrected chi connectivity index (χ2v) is 9.28. The molecule has 140 valence electrons. The van der Waals surface area contributed by atoms with E-state index in [1.165, 1.54) is 42.2 Å². The van der Waals surface area contributed by atoms with E-state index in [-0.39, 0.29) is 10.8 Å². The molecule has 1 amide bonds. The van der Waals surface area contributed by atoms with Gasteiger partial charge in [-0.3, -0.25) is 14.4 Å². The molecule has 1 aromatic heterocycles. The van der Waals surface area contributed by atoms with Crippen molar-refractivity contribution in [2.45, 2.75) is 17.3 Å². The number of hydrogen-bond acceptors (Lipinski definition) is 7. The summed E-state index contributed by atoms with van der Waals surface area (Å²) in [5.41, 5.74) is 0.191. The van der Waals surface area contributed by atoms with Crippen LogP contribution in [-0.2, 0) is 14.8 Å². The van der Waals surface area contributed by atoms with Gasteiger partial charge in [0.1, 0.15) is 11.9 Å². The molecular weight excluding hydrogens is 399 g/mol. The Labute approximate surface area is 159 Å². The van der Waals surface area contributed by atoms with Gasteiger partial charge in [-0.25, -0.2) is 12.8 Å². The number of hydrogen-bond donors (Lipinski definition) is 1. The molecule has 0 fully saturated rings. The molecule has 11 heteroatoms. The van der Waals surface area contributed by atoms with Crippen LogP contribution in [0, 0.1) is 5.82 Å². The van der Waals surface area contributed by atoms with Crippen molar-refractivity contribution in [1.29, 1.82) is 0 Å². The lowest BCUT2D eigenvalue weighted by Gasteiger charge is -2.27. The number of benzene rings is 1. The predicted molar refractivity (Wildman–Crippen MR) is 103 cm³/mol. The first-order valence-corrected chi connectivity index (χ1v) is 11.0. The first kappa shape index (κ1) is 20.3. The molecule has 1 aromatic carbocycles. The molecule has 1 atom stereocenters. The highest BCUT2D eigenvalue weighted by atomic mass is 32.2. The van der Waals surface area contributed by atoms with Crippen LogP contribution in [0.5, 0.6) is 0 Å². The number of amides is 1. The predicted octanol–water partition coefficient (Wildman–Crippen LogP) is 2.75. The quantitative estimate of drug-likeness (QED) is 0.404. The molecule has 0 bridgehead atoms. The van der Waals surface area contributed by atoms with Crippen molar-refractivity contribution < 1.29 is 17.6 Å². The van der Waals surface area contributed by atoms with Crippen molar-refractivity contribution in [3.05, 3.63) is 42.7 Å². The van der Waals surface area contributed by atoms with E-state index in [0.717, 1.165) is 22.7 Å². The zero-order valence-corrected chi connectivity index (χ0v) is 16.5. The smallest absolute Gasteiger partial charge is 0.249 e. The maximum atomic E-state index is 13.1. The topological polar surface area (TPSA) is 92.3 Å². The number of anilines is 2. The first-order valence-electron chi connectivity index (χ1n) is 7.35. The number of halogens is 1. The summed E-state index contributed by atoms with van der Waals surface area (Å²) in [7, 11) is -3.77. The van der Waals surface area contributed by atoms with Gasteiger partial charge in [0.25, 0.3) is 0 Å². The number of nitrogens with one attached hydrogen (secondary N) is 1. The number of nitrogens with zero attached hydrogens (tertiary/aromatic N) is 3. The molecule has 0 aliphatic heterocycles. The van der Waals surface area contributed by atoms with Crippen molar-refractivity contribution in [2.75, 3.05) is 21.6 Å². The SMILES string of the molecule is C=CCSc1nnc(NC(=O)[C@@H](C)N(c2ccc(F)cc2)S(C)(=O)=O)s1. The highest BCUT2D eigenvalue weighted by Gasteiger charge is 2.29. The third kappa shape index (κ3) is 5.26. The van der Waals surface area contributed by atoms with Gasteiger partial charge in [-0.2, -0.15) is 0 Å². The van der Waals surface area contributed by atoms with Gasteiger partial charge in [0, 0.05) is 5.75 Å². The molecule has 0 radical (unpaired) electrons. The van der Waals surface area contributed by atoms with Crippen molar-refractivity contribution in [1.82, 2.24) is 10.2 Å². The van der Waals surface area contributed by atoms with Crippen LogP contribution in [0.1, 0.15) is 6.92 Å². The summed E-state index contributed by atoms with van der Waals surface area (Å²) in [6.45, 7) is 5.05. The second-order valence-electron chi connectivity index (χ2n) is 5.17. The average molecular weight is 417 g/mol. The fourth-order valence-electron chi connectivity index (χ4n) is 2.06. The number of carbonyl (C=O) groups excluding carboxylic acids is 1. The van der Waals surface area contributed by atoms with Gasteiger partial charge in [-0.05, 0) is 31.2 Å². The molecular formula is C15H17FN4O3S3. The average Bonchev–Trinajstić information content (AvgIpc) is 3.01. The normalized spacial score (nSPS) is 12.4. The van der Waals surface area contributed by atoms with E-state index >= 15 is 0 Å². The Bertz CT molecular complexity index is 884. The van der Waals surface area contributed by atoms with Gasteiger partial charge >= 0.3 is 0 Å². The van der Waals surface area contributed by atoms with Gasteiger partial charge in [0.05, 0.1) is 11.9 Å². The van der Waals surface area contributed by atoms with Crippen molar-refractivity contribution in [2.24, 2.45) is 0 Å².